The lowest BCUT2D eigenvalue weighted by Crippen LogP contribution is -2.48. The second kappa shape index (κ2) is 39.1. The van der Waals surface area contributed by atoms with E-state index in [2.05, 4.69) is 105 Å². The SMILES string of the molecule is CCc1ccc(-n2cc(C(=O)NOC)c(=O)c3cnc(Nc4ccc(CCN5CCN(C)C(=O)C5)cc4)nc32)cc1.CONC(=O)c1cn(-c2ccc3c(c2)CCC3)c2nc(Nc3ccc(C4CCN(CC(=O)O)CC4)cc3)ncc2c1=O.CONC(=O)c1cn(-c2ccc3c(c2)CCC3)c2nc(Nc3ccc(CCN4CCN(C)C(=O)C4)cc3)ncc2c1=O. The first-order valence-electron chi connectivity index (χ1n) is 41.7. The fourth-order valence-electron chi connectivity index (χ4n) is 16.3. The summed E-state index contributed by atoms with van der Waals surface area (Å²) in [5.74, 6) is -1.07. The van der Waals surface area contributed by atoms with Crippen molar-refractivity contribution in [2.75, 3.05) is 123 Å². The van der Waals surface area contributed by atoms with E-state index in [1.165, 1.54) is 91.9 Å². The Balaban J connectivity index is 0.000000145. The summed E-state index contributed by atoms with van der Waals surface area (Å²) in [5, 5.41) is 19.4. The number of aryl methyl sites for hydroxylation is 5. The number of carbonyl (C=O) groups excluding carboxylic acids is 5. The molecule has 6 aromatic carbocycles. The Morgan fingerprint density at radius 1 is 0.432 bits per heavy atom. The average Bonchev–Trinajstić information content (AvgIpc) is 1.36. The minimum atomic E-state index is -0.791. The summed E-state index contributed by atoms with van der Waals surface area (Å²) >= 11 is 0. The van der Waals surface area contributed by atoms with Gasteiger partial charge in [0, 0.05) is 125 Å². The molecule has 7 N–H and O–H groups in total. The molecule has 5 aliphatic rings. The van der Waals surface area contributed by atoms with Crippen molar-refractivity contribution in [2.24, 2.45) is 0 Å². The summed E-state index contributed by atoms with van der Waals surface area (Å²) in [6.45, 7) is 9.55. The molecule has 12 aromatic rings. The lowest BCUT2D eigenvalue weighted by Gasteiger charge is -2.31. The molecule has 9 heterocycles. The van der Waals surface area contributed by atoms with E-state index in [1.54, 1.807) is 23.5 Å². The van der Waals surface area contributed by atoms with E-state index in [4.69, 9.17) is 29.6 Å². The standard InChI is InChI=1S/C31H33N7O4.C31H32N6O5.C30H33N7O4/c1-36-14-15-37(19-27(36)39)13-12-20-6-9-23(10-7-20)33-31-32-17-25-28(40)26(30(41)35-42-2)18-38(29(25)34-31)24-11-8-21-4-3-5-22(21)16-24;1-42-35-30(41)26-17-37(24-10-7-19-3-2-4-22(19)15-24)29-25(28(26)40)16-32-31(34-29)33-23-8-5-20(6-9-23)21-11-13-36(14-12-21)18-27(38)39;1-4-20-7-11-23(12-8-20)37-18-25(29(40)34-41-3)27(39)24-17-31-30(33-28(24)37)32-22-9-5-21(6-10-22)13-14-36-16-15-35(2)26(38)19-36/h6-11,16-18H,3-5,12-15,19H2,1-2H3,(H,35,41)(H,32,33,34);5-10,15-17,21H,2-4,11-14,18H2,1H3,(H,35,41)(H,38,39)(H,32,33,34);5-12,17-18H,4,13-16,19H2,1-3H3,(H,34,40)(H,31,32,33). The third-order valence-corrected chi connectivity index (χ3v) is 23.4. The maximum absolute atomic E-state index is 13.3. The summed E-state index contributed by atoms with van der Waals surface area (Å²) in [4.78, 5) is 164. The second-order valence-corrected chi connectivity index (χ2v) is 31.6. The molecule has 0 radical (unpaired) electrons. The number of hydrogen-bond donors (Lipinski definition) is 7. The smallest absolute Gasteiger partial charge is 0.317 e. The van der Waals surface area contributed by atoms with Gasteiger partial charge in [-0.05, 0) is 207 Å². The number of aliphatic carboxylic acids is 1. The first kappa shape index (κ1) is 86.1. The van der Waals surface area contributed by atoms with E-state index in [-0.39, 0.29) is 51.2 Å². The summed E-state index contributed by atoms with van der Waals surface area (Å²) < 4.78 is 5.23. The zero-order valence-corrected chi connectivity index (χ0v) is 70.4. The number of pyridine rings is 3. The van der Waals surface area contributed by atoms with Crippen LogP contribution in [0.2, 0.25) is 0 Å². The number of benzene rings is 6. The van der Waals surface area contributed by atoms with Crippen LogP contribution in [0, 0.1) is 0 Å². The highest BCUT2D eigenvalue weighted by Crippen LogP contribution is 2.33. The lowest BCUT2D eigenvalue weighted by atomic mass is 9.89. The molecule has 3 fully saturated rings. The number of likely N-dealkylation sites (N-methyl/N-ethyl adjacent to an activating group) is 2. The Hall–Kier alpha value is -13.8. The van der Waals surface area contributed by atoms with Crippen LogP contribution >= 0.6 is 0 Å². The highest BCUT2D eigenvalue weighted by atomic mass is 16.6. The van der Waals surface area contributed by atoms with Gasteiger partial charge in [0.15, 0.2) is 16.9 Å². The van der Waals surface area contributed by atoms with Gasteiger partial charge < -0.3 is 44.6 Å². The van der Waals surface area contributed by atoms with Gasteiger partial charge in [-0.25, -0.2) is 31.4 Å². The average molecular weight is 1690 g/mol. The van der Waals surface area contributed by atoms with Crippen molar-refractivity contribution in [1.29, 1.82) is 0 Å². The van der Waals surface area contributed by atoms with Crippen molar-refractivity contribution in [2.45, 2.75) is 83.5 Å². The fraction of sp³-hybridized carbons (Fsp3) is 0.315. The van der Waals surface area contributed by atoms with E-state index in [0.717, 1.165) is 168 Å². The van der Waals surface area contributed by atoms with E-state index in [9.17, 15) is 43.2 Å². The Morgan fingerprint density at radius 3 is 1.16 bits per heavy atom. The van der Waals surface area contributed by atoms with Gasteiger partial charge in [0.05, 0.1) is 57.1 Å². The van der Waals surface area contributed by atoms with Crippen LogP contribution in [0.4, 0.5) is 34.9 Å². The van der Waals surface area contributed by atoms with Crippen LogP contribution < -0.4 is 48.7 Å². The molecule has 125 heavy (non-hydrogen) atoms. The summed E-state index contributed by atoms with van der Waals surface area (Å²) in [6, 6.07) is 44.2. The van der Waals surface area contributed by atoms with Gasteiger partial charge in [-0.1, -0.05) is 67.6 Å². The van der Waals surface area contributed by atoms with Crippen LogP contribution in [0.25, 0.3) is 50.2 Å². The van der Waals surface area contributed by atoms with Crippen molar-refractivity contribution in [3.05, 3.63) is 263 Å². The van der Waals surface area contributed by atoms with Crippen molar-refractivity contribution in [1.82, 2.24) is 84.5 Å². The predicted molar refractivity (Wildman–Crippen MR) is 473 cm³/mol. The van der Waals surface area contributed by atoms with Crippen LogP contribution in [0.1, 0.15) is 114 Å². The molecule has 33 heteroatoms. The highest BCUT2D eigenvalue weighted by molar-refractivity contribution is 5.99. The fourth-order valence-corrected chi connectivity index (χ4v) is 16.3. The first-order chi connectivity index (χ1) is 60.6. The number of likely N-dealkylation sites (tertiary alicyclic amines) is 1. The molecular formula is C92H98N20O13. The van der Waals surface area contributed by atoms with Gasteiger partial charge >= 0.3 is 5.97 Å². The van der Waals surface area contributed by atoms with Gasteiger partial charge in [0.2, 0.25) is 45.9 Å². The maximum atomic E-state index is 13.3. The molecule has 5 amide bonds. The molecule has 0 saturated carbocycles. The monoisotopic (exact) mass is 1690 g/mol. The van der Waals surface area contributed by atoms with Crippen LogP contribution in [-0.4, -0.2) is 216 Å². The van der Waals surface area contributed by atoms with E-state index in [1.807, 2.05) is 116 Å². The predicted octanol–water partition coefficient (Wildman–Crippen LogP) is 8.88. The Kier molecular flexibility index (Phi) is 27.0. The molecule has 0 bridgehead atoms. The number of carboxylic acid groups (broad SMARTS) is 1. The number of hydroxylamine groups is 3. The maximum Gasteiger partial charge on any atom is 0.317 e. The number of hydrogen-bond acceptors (Lipinski definition) is 24. The number of piperazine rings is 2. The van der Waals surface area contributed by atoms with Gasteiger partial charge in [-0.15, -0.1) is 0 Å². The quantitative estimate of drug-likeness (QED) is 0.0262. The molecule has 0 unspecified atom stereocenters. The molecule has 0 spiro atoms. The van der Waals surface area contributed by atoms with Crippen molar-refractivity contribution >= 4 is 104 Å². The molecule has 17 rings (SSSR count). The summed E-state index contributed by atoms with van der Waals surface area (Å²) in [5.41, 5.74) is 20.7. The van der Waals surface area contributed by atoms with Gasteiger partial charge in [-0.3, -0.25) is 72.4 Å². The molecule has 6 aromatic heterocycles. The highest BCUT2D eigenvalue weighted by Gasteiger charge is 2.28. The minimum absolute atomic E-state index is 0.0642. The number of carboxylic acids is 1. The molecule has 3 aliphatic heterocycles. The zero-order chi connectivity index (χ0) is 87.4. The molecule has 3 saturated heterocycles. The van der Waals surface area contributed by atoms with Crippen molar-refractivity contribution in [3.8, 4) is 17.1 Å². The number of carbonyl (C=O) groups is 6. The lowest BCUT2D eigenvalue weighted by molar-refractivity contribution is -0.138. The van der Waals surface area contributed by atoms with Crippen LogP contribution in [0.15, 0.2) is 185 Å². The third-order valence-electron chi connectivity index (χ3n) is 23.4. The van der Waals surface area contributed by atoms with E-state index in [0.29, 0.717) is 53.8 Å². The van der Waals surface area contributed by atoms with Gasteiger partial charge in [0.1, 0.15) is 16.7 Å². The zero-order valence-electron chi connectivity index (χ0n) is 70.4. The normalized spacial score (nSPS) is 14.9. The Labute approximate surface area is 719 Å². The van der Waals surface area contributed by atoms with E-state index < -0.39 is 40.0 Å². The van der Waals surface area contributed by atoms with Crippen LogP contribution in [0.3, 0.4) is 0 Å². The largest absolute Gasteiger partial charge is 0.480 e. The van der Waals surface area contributed by atoms with Crippen molar-refractivity contribution < 1.29 is 48.4 Å². The van der Waals surface area contributed by atoms with Crippen LogP contribution in [0.5, 0.6) is 0 Å². The number of fused-ring (bicyclic) bond motifs is 5. The number of aromatic nitrogens is 9. The second-order valence-electron chi connectivity index (χ2n) is 31.6. The Morgan fingerprint density at radius 2 is 0.792 bits per heavy atom. The number of piperidine rings is 1. The summed E-state index contributed by atoms with van der Waals surface area (Å²) in [6.07, 6.45) is 19.5. The molecule has 644 valence electrons. The minimum Gasteiger partial charge on any atom is -0.480 e. The number of nitrogens with one attached hydrogen (secondary N) is 6. The van der Waals surface area contributed by atoms with Crippen molar-refractivity contribution in [3.63, 3.8) is 0 Å². The molecular weight excluding hydrogens is 1590 g/mol. The third kappa shape index (κ3) is 20.3. The first-order valence-corrected chi connectivity index (χ1v) is 41.7. The van der Waals surface area contributed by atoms with E-state index >= 15 is 0 Å². The molecule has 0 atom stereocenters. The summed E-state index contributed by atoms with van der Waals surface area (Å²) in [7, 11) is 7.63. The number of nitrogens with zero attached hydrogens (tertiary/aromatic N) is 14. The topological polar surface area (TPSA) is 382 Å². The Bertz CT molecular complexity index is 6240. The molecule has 33 nitrogen and oxygen atoms in total. The van der Waals surface area contributed by atoms with Gasteiger partial charge in [-0.2, -0.15) is 15.0 Å². The van der Waals surface area contributed by atoms with Gasteiger partial charge in [0.25, 0.3) is 17.7 Å². The molecule has 2 aliphatic carbocycles. The number of rotatable bonds is 25. The number of amides is 5. The van der Waals surface area contributed by atoms with Crippen LogP contribution in [-0.2, 0) is 73.8 Å². The number of anilines is 6.